The predicted octanol–water partition coefficient (Wildman–Crippen LogP) is 5.71. The van der Waals surface area contributed by atoms with Gasteiger partial charge in [-0.2, -0.15) is 9.78 Å². The fraction of sp³-hybridized carbons (Fsp3) is 0.238. The Morgan fingerprint density at radius 1 is 0.929 bits per heavy atom. The first-order valence-electron chi connectivity index (χ1n) is 18.4. The van der Waals surface area contributed by atoms with Crippen LogP contribution in [-0.4, -0.2) is 82.1 Å². The number of H-pyrrole nitrogens is 1. The third-order valence-electron chi connectivity index (χ3n) is 9.53. The Morgan fingerprint density at radius 2 is 1.71 bits per heavy atom. The molecule has 0 fully saturated rings. The van der Waals surface area contributed by atoms with E-state index in [1.807, 2.05) is 44.2 Å². The van der Waals surface area contributed by atoms with E-state index in [1.54, 1.807) is 36.4 Å². The first kappa shape index (κ1) is 38.9. The highest BCUT2D eigenvalue weighted by atomic mass is 16.5. The molecule has 5 N–H and O–H groups in total. The summed E-state index contributed by atoms with van der Waals surface area (Å²) in [5.74, 6) is -1.81. The molecule has 3 aromatic carbocycles. The largest absolute Gasteiger partial charge is 0.423 e. The van der Waals surface area contributed by atoms with Gasteiger partial charge in [0.1, 0.15) is 5.75 Å². The Balaban J connectivity index is 1.09. The first-order chi connectivity index (χ1) is 27.0. The Bertz CT molecular complexity index is 2350. The monoisotopic (exact) mass is 756 g/mol. The number of hydrogen-bond acceptors (Lipinski definition) is 8. The zero-order chi connectivity index (χ0) is 39.8. The van der Waals surface area contributed by atoms with Crippen LogP contribution in [0.1, 0.15) is 57.1 Å². The Labute approximate surface area is 324 Å². The number of aromatic nitrogens is 3. The number of ether oxygens (including phenoxy) is 1. The molecule has 0 spiro atoms. The van der Waals surface area contributed by atoms with Gasteiger partial charge in [-0.05, 0) is 87.0 Å². The van der Waals surface area contributed by atoms with Crippen LogP contribution >= 0.6 is 0 Å². The van der Waals surface area contributed by atoms with E-state index in [-0.39, 0.29) is 23.6 Å². The molecule has 0 saturated carbocycles. The van der Waals surface area contributed by atoms with Crippen LogP contribution < -0.4 is 26.0 Å². The van der Waals surface area contributed by atoms with Crippen LogP contribution in [0.5, 0.6) is 5.75 Å². The minimum absolute atomic E-state index is 0.156. The summed E-state index contributed by atoms with van der Waals surface area (Å²) in [4.78, 5) is 70.1. The van der Waals surface area contributed by atoms with Crippen molar-refractivity contribution < 1.29 is 28.7 Å². The Kier molecular flexibility index (Phi) is 12.2. The summed E-state index contributed by atoms with van der Waals surface area (Å²) in [7, 11) is 0. The average Bonchev–Trinajstić information content (AvgIpc) is 3.84. The Hall–Kier alpha value is -6.80. The van der Waals surface area contributed by atoms with Crippen LogP contribution in [0.2, 0.25) is 0 Å². The van der Waals surface area contributed by atoms with E-state index in [2.05, 4.69) is 50.1 Å². The third-order valence-corrected chi connectivity index (χ3v) is 9.53. The molecule has 0 unspecified atom stereocenters. The van der Waals surface area contributed by atoms with Gasteiger partial charge < -0.3 is 35.9 Å². The second-order valence-corrected chi connectivity index (χ2v) is 13.2. The highest BCUT2D eigenvalue weighted by Crippen LogP contribution is 2.36. The van der Waals surface area contributed by atoms with Crippen molar-refractivity contribution in [2.45, 2.75) is 34.1 Å². The first-order valence-corrected chi connectivity index (χ1v) is 18.4. The normalized spacial score (nSPS) is 12.9. The van der Waals surface area contributed by atoms with Crippen molar-refractivity contribution in [3.05, 3.63) is 119 Å². The molecule has 4 amide bonds. The molecule has 0 bridgehead atoms. The second kappa shape index (κ2) is 17.6. The highest BCUT2D eigenvalue weighted by molar-refractivity contribution is 6.35. The molecule has 0 radical (unpaired) electrons. The van der Waals surface area contributed by atoms with Crippen LogP contribution in [-0.2, 0) is 16.0 Å². The number of carbonyl (C=O) groups excluding carboxylic acids is 5. The van der Waals surface area contributed by atoms with Gasteiger partial charge in [-0.3, -0.25) is 14.4 Å². The number of nitrogens with one attached hydrogen (secondary N) is 5. The lowest BCUT2D eigenvalue weighted by molar-refractivity contribution is -0.129. The summed E-state index contributed by atoms with van der Waals surface area (Å²) < 4.78 is 6.63. The van der Waals surface area contributed by atoms with Gasteiger partial charge in [-0.15, -0.1) is 0 Å². The standard InChI is InChI=1S/C42H44N8O6/c1-5-49(6-2)21-20-43-41(54)39-26(3)35(46-27(39)4)24-33-32-23-31(14-15-34(32)48-40(33)53)56-38(52)17-16-37(51)50-36-22-30(13-12-29(36)25-45-50)47-42(55)44-19-18-28-10-8-7-9-11-28/h7-17,22-25,46H,5-6,18-21H2,1-4H3,(H,43,54)(H,48,53)(H2,44,47,55)/b17-16-,33-24-. The van der Waals surface area contributed by atoms with Gasteiger partial charge in [0, 0.05) is 65.5 Å². The number of fused-ring (bicyclic) bond motifs is 2. The number of allylic oxidation sites excluding steroid dienone is 1. The number of benzene rings is 3. The van der Waals surface area contributed by atoms with E-state index in [0.717, 1.165) is 42.0 Å². The number of aromatic amines is 1. The molecular weight excluding hydrogens is 713 g/mol. The summed E-state index contributed by atoms with van der Waals surface area (Å²) in [5.41, 5.74) is 5.87. The molecule has 6 rings (SSSR count). The smallest absolute Gasteiger partial charge is 0.336 e. The average molecular weight is 757 g/mol. The van der Waals surface area contributed by atoms with E-state index in [1.165, 1.54) is 12.3 Å². The van der Waals surface area contributed by atoms with E-state index < -0.39 is 11.9 Å². The highest BCUT2D eigenvalue weighted by Gasteiger charge is 2.27. The molecule has 1 aliphatic heterocycles. The lowest BCUT2D eigenvalue weighted by Gasteiger charge is -2.18. The molecule has 14 heteroatoms. The lowest BCUT2D eigenvalue weighted by atomic mass is 10.0. The summed E-state index contributed by atoms with van der Waals surface area (Å²) >= 11 is 0. The third kappa shape index (κ3) is 9.10. The van der Waals surface area contributed by atoms with Crippen molar-refractivity contribution in [3.63, 3.8) is 0 Å². The molecule has 1 aliphatic rings. The maximum absolute atomic E-state index is 13.1. The summed E-state index contributed by atoms with van der Waals surface area (Å²) in [5, 5.41) is 16.2. The van der Waals surface area contributed by atoms with Crippen LogP contribution in [0.4, 0.5) is 16.2 Å². The number of urea groups is 1. The maximum Gasteiger partial charge on any atom is 0.336 e. The lowest BCUT2D eigenvalue weighted by Crippen LogP contribution is -2.35. The molecule has 0 saturated heterocycles. The molecule has 0 atom stereocenters. The molecule has 14 nitrogen and oxygen atoms in total. The van der Waals surface area contributed by atoms with Crippen molar-refractivity contribution in [2.24, 2.45) is 0 Å². The zero-order valence-electron chi connectivity index (χ0n) is 31.7. The fourth-order valence-electron chi connectivity index (χ4n) is 6.51. The predicted molar refractivity (Wildman–Crippen MR) is 216 cm³/mol. The molecule has 56 heavy (non-hydrogen) atoms. The van der Waals surface area contributed by atoms with Gasteiger partial charge in [0.25, 0.3) is 17.7 Å². The fourth-order valence-corrected chi connectivity index (χ4v) is 6.51. The Morgan fingerprint density at radius 3 is 2.48 bits per heavy atom. The quantitative estimate of drug-likeness (QED) is 0.0543. The van der Waals surface area contributed by atoms with Gasteiger partial charge in [0.15, 0.2) is 0 Å². The number of esters is 1. The number of carbonyl (C=O) groups is 5. The second-order valence-electron chi connectivity index (χ2n) is 13.2. The van der Waals surface area contributed by atoms with Gasteiger partial charge in [0.2, 0.25) is 0 Å². The number of hydrogen-bond donors (Lipinski definition) is 5. The molecular formula is C42H44N8O6. The minimum atomic E-state index is -0.820. The zero-order valence-corrected chi connectivity index (χ0v) is 31.7. The number of anilines is 2. The van der Waals surface area contributed by atoms with Crippen molar-refractivity contribution in [1.29, 1.82) is 0 Å². The van der Waals surface area contributed by atoms with Crippen LogP contribution in [0.3, 0.4) is 0 Å². The number of rotatable bonds is 14. The molecule has 0 aliphatic carbocycles. The van der Waals surface area contributed by atoms with Crippen molar-refractivity contribution >= 4 is 63.6 Å². The summed E-state index contributed by atoms with van der Waals surface area (Å²) in [6.07, 6.45) is 5.90. The molecule has 288 valence electrons. The van der Waals surface area contributed by atoms with E-state index in [9.17, 15) is 24.0 Å². The van der Waals surface area contributed by atoms with Crippen LogP contribution in [0.15, 0.2) is 85.1 Å². The SMILES string of the molecule is CCN(CC)CCNC(=O)c1c(C)[nH]c(/C=C2\C(=O)Nc3ccc(OC(=O)/C=C\C(=O)n4ncc5ccc(NC(=O)NCCc6ccccc6)cc54)cc32)c1C. The number of likely N-dealkylation sites (N-methyl/N-ethyl adjacent to an activating group) is 1. The number of aryl methyl sites for hydroxylation is 1. The van der Waals surface area contributed by atoms with Gasteiger partial charge >= 0.3 is 12.0 Å². The maximum atomic E-state index is 13.1. The molecule has 5 aromatic rings. The molecule has 3 heterocycles. The van der Waals surface area contributed by atoms with Gasteiger partial charge in [-0.1, -0.05) is 44.2 Å². The number of amides is 4. The van der Waals surface area contributed by atoms with Gasteiger partial charge in [0.05, 0.1) is 22.9 Å². The van der Waals surface area contributed by atoms with Crippen LogP contribution in [0, 0.1) is 13.8 Å². The number of nitrogens with zero attached hydrogens (tertiary/aromatic N) is 3. The summed E-state index contributed by atoms with van der Waals surface area (Å²) in [6.45, 7) is 11.3. The van der Waals surface area contributed by atoms with E-state index in [4.69, 9.17) is 4.74 Å². The van der Waals surface area contributed by atoms with Crippen molar-refractivity contribution in [1.82, 2.24) is 30.3 Å². The van der Waals surface area contributed by atoms with E-state index in [0.29, 0.717) is 75.4 Å². The summed E-state index contributed by atoms with van der Waals surface area (Å²) in [6, 6.07) is 19.2. The minimum Gasteiger partial charge on any atom is -0.423 e. The van der Waals surface area contributed by atoms with Crippen molar-refractivity contribution in [3.8, 4) is 5.75 Å². The molecule has 2 aromatic heterocycles. The van der Waals surface area contributed by atoms with E-state index >= 15 is 0 Å². The topological polar surface area (TPSA) is 180 Å². The van der Waals surface area contributed by atoms with Crippen LogP contribution in [0.25, 0.3) is 22.6 Å². The van der Waals surface area contributed by atoms with Crippen molar-refractivity contribution in [2.75, 3.05) is 43.4 Å². The van der Waals surface area contributed by atoms with Gasteiger partial charge in [-0.25, -0.2) is 9.59 Å².